The van der Waals surface area contributed by atoms with Gasteiger partial charge in [0.05, 0.1) is 25.5 Å². The van der Waals surface area contributed by atoms with Crippen LogP contribution in [-0.4, -0.2) is 62.9 Å². The number of carboxylic acids is 1. The van der Waals surface area contributed by atoms with Gasteiger partial charge < -0.3 is 23.9 Å². The molecule has 17 nitrogen and oxygen atoms in total. The lowest BCUT2D eigenvalue weighted by Crippen LogP contribution is -2.32. The highest BCUT2D eigenvalue weighted by Crippen LogP contribution is 2.37. The number of amides is 1. The second kappa shape index (κ2) is 20.5. The smallest absolute Gasteiger partial charge is 0.307 e. The van der Waals surface area contributed by atoms with Crippen molar-refractivity contribution in [1.82, 2.24) is 33.8 Å². The first-order valence-corrected chi connectivity index (χ1v) is 23.9. The van der Waals surface area contributed by atoms with Gasteiger partial charge in [-0.1, -0.05) is 40.8 Å². The molecule has 0 unspecified atom stereocenters. The maximum Gasteiger partial charge on any atom is 0.307 e. The molecule has 6 aromatic rings. The Morgan fingerprint density at radius 3 is 1.55 bits per heavy atom. The molecule has 348 valence electrons. The third-order valence-corrected chi connectivity index (χ3v) is 12.7. The number of pyridine rings is 2. The average Bonchev–Trinajstić information content (AvgIpc) is 4.20. The summed E-state index contributed by atoms with van der Waals surface area (Å²) in [7, 11) is -7.77. The van der Waals surface area contributed by atoms with Crippen molar-refractivity contribution in [3.8, 4) is 22.3 Å². The zero-order valence-corrected chi connectivity index (χ0v) is 38.4. The van der Waals surface area contributed by atoms with Crippen molar-refractivity contribution in [1.29, 1.82) is 0 Å². The molecule has 0 aliphatic heterocycles. The monoisotopic (exact) mass is 952 g/mol. The summed E-state index contributed by atoms with van der Waals surface area (Å²) in [5.41, 5.74) is 4.34. The number of carbonyl (C=O) groups excluding carboxylic acids is 1. The van der Waals surface area contributed by atoms with E-state index in [2.05, 4.69) is 34.3 Å². The lowest BCUT2D eigenvalue weighted by Gasteiger charge is -2.18. The number of aromatic nitrogens is 6. The van der Waals surface area contributed by atoms with Crippen LogP contribution >= 0.6 is 0 Å². The number of benzene rings is 2. The Hall–Kier alpha value is -7.20. The minimum Gasteiger partial charge on any atom is -0.481 e. The molecule has 0 spiro atoms. The van der Waals surface area contributed by atoms with Crippen molar-refractivity contribution < 1.29 is 40.3 Å². The van der Waals surface area contributed by atoms with Crippen LogP contribution in [0, 0.1) is 24.8 Å². The first kappa shape index (κ1) is 49.2. The highest BCUT2D eigenvalue weighted by atomic mass is 32.2. The van der Waals surface area contributed by atoms with Crippen molar-refractivity contribution in [2.75, 3.05) is 0 Å². The van der Waals surface area contributed by atoms with E-state index in [1.807, 2.05) is 27.7 Å². The van der Waals surface area contributed by atoms with Crippen LogP contribution in [0.5, 0.6) is 0 Å². The van der Waals surface area contributed by atoms with E-state index in [4.69, 9.17) is 23.4 Å². The Morgan fingerprint density at radius 1 is 0.731 bits per heavy atom. The molecule has 0 bridgehead atoms. The molecule has 4 aromatic heterocycles. The normalized spacial score (nSPS) is 13.4. The molecule has 67 heavy (non-hydrogen) atoms. The summed E-state index contributed by atoms with van der Waals surface area (Å²) in [6.07, 6.45) is 12.4. The highest BCUT2D eigenvalue weighted by molar-refractivity contribution is 7.90. The zero-order chi connectivity index (χ0) is 48.8. The van der Waals surface area contributed by atoms with E-state index in [9.17, 15) is 35.2 Å². The molecule has 8 rings (SSSR count). The molecule has 2 fully saturated rings. The summed E-state index contributed by atoms with van der Waals surface area (Å²) >= 11 is 0. The van der Waals surface area contributed by atoms with Gasteiger partial charge in [0.2, 0.25) is 5.91 Å². The van der Waals surface area contributed by atoms with Gasteiger partial charge in [-0.2, -0.15) is 8.42 Å². The van der Waals surface area contributed by atoms with Crippen molar-refractivity contribution in [3.05, 3.63) is 143 Å². The third kappa shape index (κ3) is 12.8. The molecular weight excluding hydrogens is 907 g/mol. The highest BCUT2D eigenvalue weighted by Gasteiger charge is 2.28. The van der Waals surface area contributed by atoms with Crippen LogP contribution in [0.25, 0.3) is 31.9 Å². The van der Waals surface area contributed by atoms with Crippen LogP contribution in [0.15, 0.2) is 96.0 Å². The van der Waals surface area contributed by atoms with Crippen molar-refractivity contribution in [3.63, 3.8) is 0 Å². The fourth-order valence-corrected chi connectivity index (χ4v) is 8.55. The van der Waals surface area contributed by atoms with E-state index >= 15 is 0 Å². The van der Waals surface area contributed by atoms with Gasteiger partial charge in [0.1, 0.15) is 24.0 Å². The number of hydrogen-bond acceptors (Lipinski definition) is 10. The number of hydrogen-bond donors (Lipinski definition) is 3. The summed E-state index contributed by atoms with van der Waals surface area (Å²) < 4.78 is 81.0. The quantitative estimate of drug-likeness (QED) is 0.0934. The number of halogens is 2. The third-order valence-electron chi connectivity index (χ3n) is 10.7. The summed E-state index contributed by atoms with van der Waals surface area (Å²) in [4.78, 5) is 46.0. The van der Waals surface area contributed by atoms with E-state index in [1.165, 1.54) is 73.8 Å². The lowest BCUT2D eigenvalue weighted by atomic mass is 9.88. The van der Waals surface area contributed by atoms with E-state index in [0.717, 1.165) is 25.7 Å². The number of carboxylic acid groups (broad SMARTS) is 1. The number of aliphatic carboxylic acids is 1. The molecule has 0 radical (unpaired) electrons. The van der Waals surface area contributed by atoms with Gasteiger partial charge in [-0.05, 0) is 131 Å². The van der Waals surface area contributed by atoms with Crippen LogP contribution in [0.4, 0.5) is 20.4 Å². The van der Waals surface area contributed by atoms with Crippen LogP contribution in [-0.2, 0) is 42.5 Å². The number of imidazole rings is 2. The predicted octanol–water partition coefficient (Wildman–Crippen LogP) is 8.20. The van der Waals surface area contributed by atoms with Gasteiger partial charge in [-0.25, -0.2) is 37.0 Å². The fourth-order valence-electron chi connectivity index (χ4n) is 7.17. The predicted molar refractivity (Wildman–Crippen MR) is 243 cm³/mol. The molecule has 0 atom stereocenters. The maximum atomic E-state index is 14.5. The van der Waals surface area contributed by atoms with Gasteiger partial charge in [0.15, 0.2) is 10.1 Å². The van der Waals surface area contributed by atoms with Gasteiger partial charge >= 0.3 is 5.97 Å². The van der Waals surface area contributed by atoms with Crippen LogP contribution in [0.1, 0.15) is 99.6 Å². The van der Waals surface area contributed by atoms with Gasteiger partial charge in [0, 0.05) is 24.5 Å². The second-order valence-electron chi connectivity index (χ2n) is 16.5. The number of carbonyl (C=O) groups is 2. The summed E-state index contributed by atoms with van der Waals surface area (Å²) in [5.74, 6) is -2.46. The van der Waals surface area contributed by atoms with Crippen LogP contribution in [0.3, 0.4) is 0 Å². The molecule has 2 aromatic carbocycles. The molecule has 21 heteroatoms. The number of nitrogens with one attached hydrogen (secondary N) is 1. The van der Waals surface area contributed by atoms with E-state index in [1.54, 1.807) is 21.3 Å². The number of sulfonamides is 2. The number of nitrogens with two attached hydrogens (primary N) is 1. The molecule has 0 saturated heterocycles. The molecule has 4 heterocycles. The summed E-state index contributed by atoms with van der Waals surface area (Å²) in [6.45, 7) is 21.7. The number of primary sulfonamides is 1. The van der Waals surface area contributed by atoms with Crippen LogP contribution in [0.2, 0.25) is 0 Å². The van der Waals surface area contributed by atoms with Crippen molar-refractivity contribution >= 4 is 43.6 Å². The molecular formula is C46H46F2N10O7S2. The fraction of sp³-hybridized carbons (Fsp3) is 0.304. The Balaban J connectivity index is 0.000000186. The maximum absolute atomic E-state index is 14.5. The number of rotatable bonds is 13. The van der Waals surface area contributed by atoms with Gasteiger partial charge in [-0.15, -0.1) is 9.97 Å². The van der Waals surface area contributed by atoms with Crippen molar-refractivity contribution in [2.24, 2.45) is 5.14 Å². The van der Waals surface area contributed by atoms with Crippen LogP contribution < -0.4 is 9.86 Å². The Kier molecular flexibility index (Phi) is 15.1. The van der Waals surface area contributed by atoms with E-state index < -0.39 is 43.6 Å². The first-order chi connectivity index (χ1) is 31.7. The standard InChI is InChI=1S/C23H22FN5O3S.C17H15FN2O2.C6H9N3O2S/c1-14(2)18-9-16(24)10-19(15-6-7-26-21(8-15)25-3)20(18)11-22(30)28-33(31,32)23-12-29(13-27-23)17-4-5-17;1-10(2)13-7-12(18)8-14(15(13)9-17(21)22)11-4-5-20-16(6-11)19-3;7-12(10,11)6-3-9(4-8-6)5-1-2-5/h6-10,12-14,17H,4-5,11H2,1-2H3,(H,28,30);4-8,10H,9H2,1-2H3,(H,21,22);3-5H,1-2H2,(H2,7,10,11). The van der Waals surface area contributed by atoms with Gasteiger partial charge in [-0.3, -0.25) is 9.59 Å². The Labute approximate surface area is 386 Å². The van der Waals surface area contributed by atoms with E-state index in [-0.39, 0.29) is 52.4 Å². The van der Waals surface area contributed by atoms with Gasteiger partial charge in [0.25, 0.3) is 31.7 Å². The molecule has 2 aliphatic rings. The largest absolute Gasteiger partial charge is 0.481 e. The molecule has 2 saturated carbocycles. The second-order valence-corrected chi connectivity index (χ2v) is 19.6. The van der Waals surface area contributed by atoms with Crippen molar-refractivity contribution in [2.45, 2.75) is 100 Å². The summed E-state index contributed by atoms with van der Waals surface area (Å²) in [5, 5.41) is 13.8. The first-order valence-electron chi connectivity index (χ1n) is 20.9. The Bertz CT molecular complexity index is 3150. The molecule has 1 amide bonds. The number of nitrogens with zero attached hydrogens (tertiary/aromatic N) is 8. The Morgan fingerprint density at radius 2 is 1.16 bits per heavy atom. The molecule has 2 aliphatic carbocycles. The zero-order valence-electron chi connectivity index (χ0n) is 36.8. The lowest BCUT2D eigenvalue weighted by molar-refractivity contribution is -0.136. The molecule has 4 N–H and O–H groups in total. The SMILES string of the molecule is NS(=O)(=O)c1cn(C2CC2)cn1.[C-]#[N+]c1cc(-c2cc(F)cc(C(C)C)c2CC(=O)NS(=O)(=O)c2cn(C3CC3)cn2)ccn1.[C-]#[N+]c1cc(-c2cc(F)cc(C(C)C)c2CC(=O)O)ccn1. The minimum atomic E-state index is -4.15. The minimum absolute atomic E-state index is 0.00836. The summed E-state index contributed by atoms with van der Waals surface area (Å²) in [6, 6.07) is 12.3. The topological polar surface area (TPSA) is 231 Å². The van der Waals surface area contributed by atoms with E-state index in [0.29, 0.717) is 50.5 Å². The average molecular weight is 953 g/mol.